The van der Waals surface area contributed by atoms with Crippen molar-refractivity contribution >= 4 is 40.0 Å². The molecule has 1 N–H and O–H groups in total. The number of aromatic nitrogens is 1. The van der Waals surface area contributed by atoms with E-state index in [1.165, 1.54) is 23.6 Å². The molecule has 0 aliphatic carbocycles. The van der Waals surface area contributed by atoms with Gasteiger partial charge < -0.3 is 9.15 Å². The number of nitro benzene ring substituents is 1. The molecule has 2 aromatic heterocycles. The number of anilines is 1. The van der Waals surface area contributed by atoms with E-state index in [0.717, 1.165) is 17.0 Å². The average Bonchev–Trinajstić information content (AvgIpc) is 3.44. The van der Waals surface area contributed by atoms with E-state index in [0.29, 0.717) is 22.2 Å². The summed E-state index contributed by atoms with van der Waals surface area (Å²) in [6, 6.07) is 15.3. The molecule has 2 aromatic carbocycles. The summed E-state index contributed by atoms with van der Waals surface area (Å²) >= 11 is 7.27. The second-order valence-electron chi connectivity index (χ2n) is 6.26. The molecule has 0 saturated heterocycles. The lowest BCUT2D eigenvalue weighted by molar-refractivity contribution is -0.384. The molecule has 0 atom stereocenters. The van der Waals surface area contributed by atoms with Gasteiger partial charge in [-0.3, -0.25) is 15.5 Å². The maximum Gasteiger partial charge on any atom is 0.281 e. The lowest BCUT2D eigenvalue weighted by Gasteiger charge is -2.00. The number of nitro groups is 1. The maximum atomic E-state index is 11.3. The number of ether oxygens (including phenoxy) is 1. The van der Waals surface area contributed by atoms with Crippen LogP contribution in [-0.2, 0) is 0 Å². The summed E-state index contributed by atoms with van der Waals surface area (Å²) in [5.41, 5.74) is 4.86. The Kier molecular flexibility index (Phi) is 5.96. The molecule has 0 aliphatic rings. The van der Waals surface area contributed by atoms with E-state index in [9.17, 15) is 10.1 Å². The predicted molar refractivity (Wildman–Crippen MR) is 121 cm³/mol. The normalized spacial score (nSPS) is 11.0. The molecule has 2 heterocycles. The van der Waals surface area contributed by atoms with Crippen molar-refractivity contribution in [2.45, 2.75) is 0 Å². The highest BCUT2D eigenvalue weighted by molar-refractivity contribution is 7.14. The fourth-order valence-corrected chi connectivity index (χ4v) is 3.64. The van der Waals surface area contributed by atoms with Crippen LogP contribution >= 0.6 is 22.9 Å². The van der Waals surface area contributed by atoms with E-state index >= 15 is 0 Å². The smallest absolute Gasteiger partial charge is 0.281 e. The van der Waals surface area contributed by atoms with Crippen LogP contribution in [-0.4, -0.2) is 23.2 Å². The minimum absolute atomic E-state index is 0.127. The summed E-state index contributed by atoms with van der Waals surface area (Å²) in [4.78, 5) is 15.3. The van der Waals surface area contributed by atoms with Gasteiger partial charge in [0.2, 0.25) is 5.13 Å². The van der Waals surface area contributed by atoms with Crippen molar-refractivity contribution in [3.05, 3.63) is 80.9 Å². The average molecular weight is 455 g/mol. The maximum absolute atomic E-state index is 11.3. The first kappa shape index (κ1) is 20.6. The van der Waals surface area contributed by atoms with Crippen molar-refractivity contribution in [2.75, 3.05) is 12.5 Å². The van der Waals surface area contributed by atoms with Gasteiger partial charge in [0.1, 0.15) is 17.3 Å². The molecule has 0 aliphatic heterocycles. The van der Waals surface area contributed by atoms with Crippen LogP contribution in [0.2, 0.25) is 5.02 Å². The zero-order valence-electron chi connectivity index (χ0n) is 16.1. The van der Waals surface area contributed by atoms with Crippen LogP contribution < -0.4 is 10.2 Å². The number of methoxy groups -OCH3 is 1. The van der Waals surface area contributed by atoms with Crippen molar-refractivity contribution in [2.24, 2.45) is 5.10 Å². The molecule has 4 aromatic rings. The molecule has 10 heteroatoms. The Morgan fingerprint density at radius 2 is 2.03 bits per heavy atom. The number of rotatable bonds is 7. The summed E-state index contributed by atoms with van der Waals surface area (Å²) in [6.45, 7) is 0. The lowest BCUT2D eigenvalue weighted by atomic mass is 10.1. The van der Waals surface area contributed by atoms with Gasteiger partial charge >= 0.3 is 0 Å². The number of halogens is 1. The van der Waals surface area contributed by atoms with Crippen LogP contribution in [0, 0.1) is 10.1 Å². The van der Waals surface area contributed by atoms with E-state index < -0.39 is 4.92 Å². The number of hydrazone groups is 1. The number of furan rings is 1. The summed E-state index contributed by atoms with van der Waals surface area (Å²) in [7, 11) is 1.62. The number of benzene rings is 2. The highest BCUT2D eigenvalue weighted by atomic mass is 35.5. The van der Waals surface area contributed by atoms with Gasteiger partial charge in [0.25, 0.3) is 5.69 Å². The fourth-order valence-electron chi connectivity index (χ4n) is 2.80. The number of nitrogens with zero attached hydrogens (tertiary/aromatic N) is 3. The monoisotopic (exact) mass is 454 g/mol. The molecule has 156 valence electrons. The summed E-state index contributed by atoms with van der Waals surface area (Å²) in [6.07, 6.45) is 1.47. The molecule has 4 rings (SSSR count). The van der Waals surface area contributed by atoms with Crippen molar-refractivity contribution in [1.82, 2.24) is 4.98 Å². The third kappa shape index (κ3) is 4.73. The highest BCUT2D eigenvalue weighted by Crippen LogP contribution is 2.33. The van der Waals surface area contributed by atoms with Crippen LogP contribution in [0.3, 0.4) is 0 Å². The number of hydrogen-bond donors (Lipinski definition) is 1. The molecule has 0 spiro atoms. The van der Waals surface area contributed by atoms with Gasteiger partial charge in [-0.25, -0.2) is 4.98 Å². The van der Waals surface area contributed by atoms with Crippen LogP contribution in [0.5, 0.6) is 5.75 Å². The predicted octanol–water partition coefficient (Wildman–Crippen LogP) is 6.09. The molecule has 0 bridgehead atoms. The van der Waals surface area contributed by atoms with Gasteiger partial charge in [-0.2, -0.15) is 5.10 Å². The van der Waals surface area contributed by atoms with E-state index in [1.54, 1.807) is 31.4 Å². The fraction of sp³-hybridized carbons (Fsp3) is 0.0476. The van der Waals surface area contributed by atoms with Gasteiger partial charge in [-0.1, -0.05) is 11.6 Å². The van der Waals surface area contributed by atoms with E-state index in [-0.39, 0.29) is 10.7 Å². The summed E-state index contributed by atoms with van der Waals surface area (Å²) in [5, 5.41) is 18.2. The molecular formula is C21H15ClN4O4S. The van der Waals surface area contributed by atoms with E-state index in [2.05, 4.69) is 15.5 Å². The molecule has 31 heavy (non-hydrogen) atoms. The van der Waals surface area contributed by atoms with Crippen molar-refractivity contribution < 1.29 is 14.1 Å². The number of thiazole rings is 1. The summed E-state index contributed by atoms with van der Waals surface area (Å²) < 4.78 is 10.8. The first-order valence-corrected chi connectivity index (χ1v) is 10.2. The van der Waals surface area contributed by atoms with Crippen molar-refractivity contribution in [1.29, 1.82) is 0 Å². The molecule has 0 saturated carbocycles. The van der Waals surface area contributed by atoms with Crippen molar-refractivity contribution in [3.8, 4) is 28.3 Å². The Bertz CT molecular complexity index is 1250. The van der Waals surface area contributed by atoms with Crippen LogP contribution in [0.15, 0.2) is 69.5 Å². The third-order valence-electron chi connectivity index (χ3n) is 4.29. The zero-order valence-corrected chi connectivity index (χ0v) is 17.7. The second kappa shape index (κ2) is 8.99. The van der Waals surface area contributed by atoms with Crippen LogP contribution in [0.4, 0.5) is 10.8 Å². The largest absolute Gasteiger partial charge is 0.497 e. The first-order chi connectivity index (χ1) is 15.0. The topological polar surface area (TPSA) is 103 Å². The minimum atomic E-state index is -0.498. The Labute approximate surface area is 185 Å². The third-order valence-corrected chi connectivity index (χ3v) is 5.27. The quantitative estimate of drug-likeness (QED) is 0.206. The molecule has 0 radical (unpaired) electrons. The zero-order chi connectivity index (χ0) is 21.8. The Hall–Kier alpha value is -3.69. The number of hydrogen-bond acceptors (Lipinski definition) is 8. The van der Waals surface area contributed by atoms with E-state index in [4.69, 9.17) is 20.8 Å². The van der Waals surface area contributed by atoms with Crippen LogP contribution in [0.25, 0.3) is 22.6 Å². The lowest BCUT2D eigenvalue weighted by Crippen LogP contribution is -1.91. The molecule has 0 fully saturated rings. The first-order valence-electron chi connectivity index (χ1n) is 8.96. The van der Waals surface area contributed by atoms with Gasteiger partial charge in [0.05, 0.1) is 29.5 Å². The van der Waals surface area contributed by atoms with Gasteiger partial charge in [0.15, 0.2) is 0 Å². The van der Waals surface area contributed by atoms with Crippen molar-refractivity contribution in [3.63, 3.8) is 0 Å². The molecule has 8 nitrogen and oxygen atoms in total. The van der Waals surface area contributed by atoms with E-state index in [1.807, 2.05) is 29.6 Å². The Morgan fingerprint density at radius 3 is 2.77 bits per heavy atom. The molecular weight excluding hydrogens is 440 g/mol. The Balaban J connectivity index is 1.45. The number of nitrogens with one attached hydrogen (secondary N) is 1. The summed E-state index contributed by atoms with van der Waals surface area (Å²) in [5.74, 6) is 1.56. The van der Waals surface area contributed by atoms with Crippen LogP contribution in [0.1, 0.15) is 5.76 Å². The molecule has 0 amide bonds. The van der Waals surface area contributed by atoms with Gasteiger partial charge in [-0.05, 0) is 48.5 Å². The molecule has 0 unspecified atom stereocenters. The Morgan fingerprint density at radius 1 is 1.23 bits per heavy atom. The second-order valence-corrected chi connectivity index (χ2v) is 7.55. The SMILES string of the molecule is COc1ccc(-c2csc(N/N=C/c3ccc(-c4ccc(Cl)cc4[N+](=O)[O-])o3)n2)cc1. The van der Waals surface area contributed by atoms with Gasteiger partial charge in [-0.15, -0.1) is 11.3 Å². The highest BCUT2D eigenvalue weighted by Gasteiger charge is 2.18. The standard InChI is InChI=1S/C21H15ClN4O4S/c1-29-15-5-2-13(3-6-15)18-12-31-21(24-18)25-23-11-16-7-9-20(30-16)17-8-4-14(22)10-19(17)26(27)28/h2-12H,1H3,(H,24,25)/b23-11+. The minimum Gasteiger partial charge on any atom is -0.497 e. The van der Waals surface area contributed by atoms with Gasteiger partial charge in [0, 0.05) is 22.0 Å².